The molecule has 2 bridgehead atoms. The van der Waals surface area contributed by atoms with Gasteiger partial charge in [0.25, 0.3) is 17.5 Å². The lowest BCUT2D eigenvalue weighted by Crippen LogP contribution is -2.38. The van der Waals surface area contributed by atoms with Gasteiger partial charge in [-0.05, 0) is 51.0 Å². The number of fused-ring (bicyclic) bond motifs is 1. The van der Waals surface area contributed by atoms with Gasteiger partial charge in [0.1, 0.15) is 11.5 Å². The molecule has 0 aromatic rings. The lowest BCUT2D eigenvalue weighted by atomic mass is 9.85. The summed E-state index contributed by atoms with van der Waals surface area (Å²) in [6.07, 6.45) is 0.235. The number of aliphatic hydroxyl groups excluding tert-OH is 2. The second kappa shape index (κ2) is 14.9. The normalized spacial score (nSPS) is 32.0. The van der Waals surface area contributed by atoms with Crippen LogP contribution in [0.2, 0.25) is 0 Å². The number of carbonyl (C=O) groups excluding carboxylic acids is 4. The molecule has 0 aromatic carbocycles. The zero-order valence-corrected chi connectivity index (χ0v) is 24.7. The van der Waals surface area contributed by atoms with Gasteiger partial charge in [-0.2, -0.15) is 0 Å². The van der Waals surface area contributed by atoms with E-state index in [9.17, 15) is 29.4 Å². The minimum atomic E-state index is -1.10. The molecule has 0 aromatic heterocycles. The number of allylic oxidation sites excluding steroid dienone is 4. The lowest BCUT2D eigenvalue weighted by molar-refractivity contribution is -0.135. The SMILES string of the molecule is COC1=C2C[C@@H](C)C[C@H](OC)[C@@H](O)[C@@H](C)/C=C(/C)[C@H](OC(N)=O)[C@@H](OC)CC/C=C(/C)C(=O)NC(=C2O)C(=O)C1=O. The predicted octanol–water partition coefficient (Wildman–Crippen LogP) is 2.52. The molecular formula is C29H42N2O10. The van der Waals surface area contributed by atoms with Crippen LogP contribution in [0.1, 0.15) is 53.4 Å². The minimum Gasteiger partial charge on any atom is -0.505 e. The van der Waals surface area contributed by atoms with Gasteiger partial charge in [-0.25, -0.2) is 4.79 Å². The summed E-state index contributed by atoms with van der Waals surface area (Å²) in [6, 6.07) is 0. The first kappa shape index (κ1) is 33.7. The van der Waals surface area contributed by atoms with Crippen molar-refractivity contribution in [2.45, 2.75) is 77.8 Å². The Morgan fingerprint density at radius 1 is 1.05 bits per heavy atom. The summed E-state index contributed by atoms with van der Waals surface area (Å²) in [6.45, 7) is 6.87. The fourth-order valence-electron chi connectivity index (χ4n) is 5.14. The number of ether oxygens (including phenoxy) is 4. The highest BCUT2D eigenvalue weighted by Gasteiger charge is 2.38. The Labute approximate surface area is 240 Å². The average Bonchev–Trinajstić information content (AvgIpc) is 2.92. The lowest BCUT2D eigenvalue weighted by Gasteiger charge is -2.30. The molecule has 2 amide bonds. The van der Waals surface area contributed by atoms with Crippen LogP contribution >= 0.6 is 0 Å². The van der Waals surface area contributed by atoms with Gasteiger partial charge in [0, 0.05) is 31.3 Å². The second-order valence-electron chi connectivity index (χ2n) is 10.5. The van der Waals surface area contributed by atoms with Crippen molar-refractivity contribution in [2.24, 2.45) is 17.6 Å². The average molecular weight is 579 g/mol. The van der Waals surface area contributed by atoms with Gasteiger partial charge in [0.05, 0.1) is 25.4 Å². The highest BCUT2D eigenvalue weighted by molar-refractivity contribution is 6.50. The molecule has 1 aliphatic heterocycles. The topological polar surface area (TPSA) is 184 Å². The second-order valence-corrected chi connectivity index (χ2v) is 10.5. The molecule has 2 rings (SSSR count). The van der Waals surface area contributed by atoms with Crippen LogP contribution < -0.4 is 11.1 Å². The van der Waals surface area contributed by atoms with Gasteiger partial charge in [-0.3, -0.25) is 14.4 Å². The monoisotopic (exact) mass is 578 g/mol. The van der Waals surface area contributed by atoms with Crippen molar-refractivity contribution in [1.29, 1.82) is 0 Å². The van der Waals surface area contributed by atoms with Crippen molar-refractivity contribution >= 4 is 23.6 Å². The molecule has 0 spiro atoms. The van der Waals surface area contributed by atoms with Crippen LogP contribution in [0.4, 0.5) is 4.79 Å². The van der Waals surface area contributed by atoms with Crippen LogP contribution in [-0.2, 0) is 33.3 Å². The standard InChI is InChI=1S/C29H42N2O10/c1-14-11-18-23(33)21(24(34)25(35)27(18)40-7)31-28(36)15(2)9-8-10-19(38-5)26(41-29(30)37)17(4)13-16(3)22(32)20(12-14)39-6/h9,13-14,16,19-20,22,26,32-33H,8,10-12H2,1-7H3,(H2,30,37)(H,31,36)/b15-9-,17-13-/t14-,16+,19+,20+,22+,26+/m1/s1. The molecule has 6 atom stereocenters. The third-order valence-corrected chi connectivity index (χ3v) is 7.41. The molecule has 0 saturated heterocycles. The van der Waals surface area contributed by atoms with Crippen molar-refractivity contribution in [3.63, 3.8) is 0 Å². The number of primary amides is 1. The summed E-state index contributed by atoms with van der Waals surface area (Å²) in [4.78, 5) is 50.3. The third kappa shape index (κ3) is 8.27. The summed E-state index contributed by atoms with van der Waals surface area (Å²) < 4.78 is 21.8. The largest absolute Gasteiger partial charge is 0.505 e. The van der Waals surface area contributed by atoms with E-state index in [1.54, 1.807) is 26.0 Å². The number of nitrogens with one attached hydrogen (secondary N) is 1. The van der Waals surface area contributed by atoms with E-state index in [1.807, 2.05) is 6.92 Å². The number of nitrogens with two attached hydrogens (primary N) is 1. The van der Waals surface area contributed by atoms with E-state index in [0.29, 0.717) is 24.8 Å². The zero-order chi connectivity index (χ0) is 31.0. The van der Waals surface area contributed by atoms with Crippen LogP contribution in [0.25, 0.3) is 0 Å². The number of hydrogen-bond donors (Lipinski definition) is 4. The summed E-state index contributed by atoms with van der Waals surface area (Å²) in [5.74, 6) is -4.36. The van der Waals surface area contributed by atoms with E-state index in [0.717, 1.165) is 0 Å². The number of amides is 2. The quantitative estimate of drug-likeness (QED) is 0.220. The summed E-state index contributed by atoms with van der Waals surface area (Å²) in [7, 11) is 4.13. The molecule has 41 heavy (non-hydrogen) atoms. The van der Waals surface area contributed by atoms with Crippen LogP contribution in [0.3, 0.4) is 0 Å². The number of rotatable bonds is 4. The molecule has 1 aliphatic carbocycles. The Kier molecular flexibility index (Phi) is 12.3. The Bertz CT molecular complexity index is 1150. The van der Waals surface area contributed by atoms with Gasteiger partial charge in [0.2, 0.25) is 0 Å². The smallest absolute Gasteiger partial charge is 0.405 e. The van der Waals surface area contributed by atoms with Crippen molar-refractivity contribution in [2.75, 3.05) is 21.3 Å². The van der Waals surface area contributed by atoms with Gasteiger partial charge >= 0.3 is 6.09 Å². The van der Waals surface area contributed by atoms with Gasteiger partial charge < -0.3 is 40.2 Å². The molecule has 2 aliphatic rings. The highest BCUT2D eigenvalue weighted by Crippen LogP contribution is 2.32. The molecule has 5 N–H and O–H groups in total. The van der Waals surface area contributed by atoms with Gasteiger partial charge in [0.15, 0.2) is 11.9 Å². The van der Waals surface area contributed by atoms with E-state index in [-0.39, 0.29) is 29.2 Å². The van der Waals surface area contributed by atoms with Crippen molar-refractivity contribution in [3.05, 3.63) is 46.1 Å². The molecule has 0 saturated carbocycles. The summed E-state index contributed by atoms with van der Waals surface area (Å²) in [5.41, 5.74) is 5.70. The number of Topliss-reactive ketones (excluding diaryl/α,β-unsaturated/α-hetero) is 2. The minimum absolute atomic E-state index is 0.0713. The highest BCUT2D eigenvalue weighted by atomic mass is 16.6. The van der Waals surface area contributed by atoms with E-state index >= 15 is 0 Å². The molecule has 1 heterocycles. The molecule has 0 unspecified atom stereocenters. The first-order valence-corrected chi connectivity index (χ1v) is 13.4. The predicted molar refractivity (Wildman–Crippen MR) is 148 cm³/mol. The fourth-order valence-corrected chi connectivity index (χ4v) is 5.14. The number of hydrogen-bond acceptors (Lipinski definition) is 10. The van der Waals surface area contributed by atoms with E-state index in [1.165, 1.54) is 28.3 Å². The third-order valence-electron chi connectivity index (χ3n) is 7.41. The zero-order valence-electron chi connectivity index (χ0n) is 24.7. The molecule has 228 valence electrons. The Hall–Kier alpha value is -3.48. The van der Waals surface area contributed by atoms with E-state index in [4.69, 9.17) is 24.7 Å². The van der Waals surface area contributed by atoms with Crippen molar-refractivity contribution in [1.82, 2.24) is 5.32 Å². The van der Waals surface area contributed by atoms with Crippen LogP contribution in [-0.4, -0.2) is 79.5 Å². The first-order valence-electron chi connectivity index (χ1n) is 13.4. The Morgan fingerprint density at radius 2 is 1.68 bits per heavy atom. The Morgan fingerprint density at radius 3 is 2.24 bits per heavy atom. The fraction of sp³-hybridized carbons (Fsp3) is 0.586. The van der Waals surface area contributed by atoms with Gasteiger partial charge in [-0.1, -0.05) is 26.0 Å². The number of ketones is 2. The van der Waals surface area contributed by atoms with Crippen molar-refractivity contribution in [3.8, 4) is 0 Å². The van der Waals surface area contributed by atoms with Gasteiger partial charge in [-0.15, -0.1) is 0 Å². The molecular weight excluding hydrogens is 536 g/mol. The van der Waals surface area contributed by atoms with Crippen LogP contribution in [0, 0.1) is 11.8 Å². The van der Waals surface area contributed by atoms with Crippen molar-refractivity contribution < 1.29 is 48.3 Å². The molecule has 12 nitrogen and oxygen atoms in total. The number of carbonyl (C=O) groups is 4. The van der Waals surface area contributed by atoms with Crippen LogP contribution in [0.5, 0.6) is 0 Å². The maximum Gasteiger partial charge on any atom is 0.405 e. The Balaban J connectivity index is 2.61. The number of methoxy groups -OCH3 is 3. The van der Waals surface area contributed by atoms with E-state index in [2.05, 4.69) is 5.32 Å². The molecule has 0 fully saturated rings. The summed E-state index contributed by atoms with van der Waals surface area (Å²) in [5, 5.41) is 24.6. The maximum atomic E-state index is 12.9. The molecule has 12 heteroatoms. The number of aliphatic hydroxyl groups is 2. The first-order chi connectivity index (χ1) is 19.3. The maximum absolute atomic E-state index is 12.9. The van der Waals surface area contributed by atoms with E-state index < -0.39 is 65.4 Å². The van der Waals surface area contributed by atoms with Crippen LogP contribution in [0.15, 0.2) is 46.1 Å². The molecule has 0 radical (unpaired) electrons. The summed E-state index contributed by atoms with van der Waals surface area (Å²) >= 11 is 0.